The molecule has 0 amide bonds. The van der Waals surface area contributed by atoms with E-state index in [1.54, 1.807) is 6.20 Å². The Morgan fingerprint density at radius 2 is 1.85 bits per heavy atom. The van der Waals surface area contributed by atoms with Gasteiger partial charge in [-0.1, -0.05) is 37.6 Å². The van der Waals surface area contributed by atoms with E-state index in [1.165, 1.54) is 5.56 Å². The Balaban J connectivity index is 1.66. The zero-order valence-electron chi connectivity index (χ0n) is 20.0. The van der Waals surface area contributed by atoms with Gasteiger partial charge in [0.1, 0.15) is 17.6 Å². The van der Waals surface area contributed by atoms with Crippen LogP contribution < -0.4 is 9.64 Å². The summed E-state index contributed by atoms with van der Waals surface area (Å²) in [6, 6.07) is 8.62. The molecule has 1 aliphatic rings. The van der Waals surface area contributed by atoms with Crippen LogP contribution >= 0.6 is 0 Å². The van der Waals surface area contributed by atoms with E-state index in [1.807, 2.05) is 12.1 Å². The molecule has 8 nitrogen and oxygen atoms in total. The molecule has 0 unspecified atom stereocenters. The minimum absolute atomic E-state index is 0.384. The molecule has 2 aromatic heterocycles. The van der Waals surface area contributed by atoms with Crippen molar-refractivity contribution in [2.24, 2.45) is 0 Å². The zero-order chi connectivity index (χ0) is 23.0. The lowest BCUT2D eigenvalue weighted by Crippen LogP contribution is -2.38. The van der Waals surface area contributed by atoms with E-state index < -0.39 is 0 Å². The largest absolute Gasteiger partial charge is 0.462 e. The Hall–Kier alpha value is -2.84. The van der Waals surface area contributed by atoms with Crippen LogP contribution in [-0.2, 0) is 4.74 Å². The van der Waals surface area contributed by atoms with Crippen LogP contribution in [0.5, 0.6) is 6.01 Å². The van der Waals surface area contributed by atoms with Crippen molar-refractivity contribution in [2.75, 3.05) is 57.4 Å². The zero-order valence-corrected chi connectivity index (χ0v) is 20.0. The molecule has 8 heteroatoms. The lowest BCUT2D eigenvalue weighted by atomic mass is 10.1. The van der Waals surface area contributed by atoms with Gasteiger partial charge in [-0.2, -0.15) is 9.97 Å². The quantitative estimate of drug-likeness (QED) is 0.462. The predicted octanol–water partition coefficient (Wildman–Crippen LogP) is 3.73. The summed E-state index contributed by atoms with van der Waals surface area (Å²) in [5, 5.41) is 0. The highest BCUT2D eigenvalue weighted by molar-refractivity contribution is 5.86. The van der Waals surface area contributed by atoms with Crippen molar-refractivity contribution in [1.82, 2.24) is 24.8 Å². The maximum absolute atomic E-state index is 6.01. The maximum atomic E-state index is 6.01. The Morgan fingerprint density at radius 3 is 2.58 bits per heavy atom. The fraction of sp³-hybridized carbons (Fsp3) is 0.520. The van der Waals surface area contributed by atoms with Crippen molar-refractivity contribution >= 4 is 16.9 Å². The third kappa shape index (κ3) is 5.94. The molecule has 1 saturated heterocycles. The minimum atomic E-state index is 0.384. The Bertz CT molecular complexity index is 1050. The highest BCUT2D eigenvalue weighted by atomic mass is 16.5. The molecule has 3 aromatic rings. The summed E-state index contributed by atoms with van der Waals surface area (Å²) in [4.78, 5) is 23.6. The number of aromatic nitrogens is 4. The first kappa shape index (κ1) is 23.3. The third-order valence-corrected chi connectivity index (χ3v) is 5.70. The first-order chi connectivity index (χ1) is 16.2. The maximum Gasteiger partial charge on any atom is 0.319 e. The summed E-state index contributed by atoms with van der Waals surface area (Å²) in [6.45, 7) is 13.0. The molecule has 176 valence electrons. The van der Waals surface area contributed by atoms with Crippen LogP contribution in [0, 0.1) is 6.92 Å². The average molecular weight is 451 g/mol. The highest BCUT2D eigenvalue weighted by Crippen LogP contribution is 2.27. The SMILES string of the molecule is CCCN(CCC)c1nc(OCCN2CCOCC2)nc2cnc(-c3cccc(C)c3)nc12. The Kier molecular flexibility index (Phi) is 8.01. The van der Waals surface area contributed by atoms with Crippen LogP contribution in [0.25, 0.3) is 22.4 Å². The van der Waals surface area contributed by atoms with Crippen LogP contribution in [0.15, 0.2) is 30.5 Å². The van der Waals surface area contributed by atoms with E-state index in [0.717, 1.165) is 75.7 Å². The van der Waals surface area contributed by atoms with E-state index in [9.17, 15) is 0 Å². The Morgan fingerprint density at radius 1 is 1.06 bits per heavy atom. The van der Waals surface area contributed by atoms with Gasteiger partial charge in [0, 0.05) is 38.3 Å². The second kappa shape index (κ2) is 11.3. The van der Waals surface area contributed by atoms with E-state index in [4.69, 9.17) is 19.4 Å². The number of morpholine rings is 1. The van der Waals surface area contributed by atoms with Gasteiger partial charge in [0.05, 0.1) is 19.4 Å². The number of fused-ring (bicyclic) bond motifs is 1. The number of ether oxygens (including phenoxy) is 2. The van der Waals surface area contributed by atoms with Crippen molar-refractivity contribution in [3.63, 3.8) is 0 Å². The summed E-state index contributed by atoms with van der Waals surface area (Å²) >= 11 is 0. The molecule has 1 fully saturated rings. The minimum Gasteiger partial charge on any atom is -0.462 e. The molecule has 0 radical (unpaired) electrons. The standard InChI is InChI=1S/C25H34N6O2/c1-4-9-31(10-5-2)24-22-21(18-26-23(28-22)20-8-6-7-19(3)17-20)27-25(29-24)33-16-13-30-11-14-32-15-12-30/h6-8,17-18H,4-5,9-16H2,1-3H3. The van der Waals surface area contributed by atoms with E-state index in [0.29, 0.717) is 24.0 Å². The fourth-order valence-electron chi connectivity index (χ4n) is 4.06. The van der Waals surface area contributed by atoms with Gasteiger partial charge in [-0.05, 0) is 25.8 Å². The van der Waals surface area contributed by atoms with Crippen LogP contribution in [-0.4, -0.2) is 77.4 Å². The average Bonchev–Trinajstić information content (AvgIpc) is 2.84. The van der Waals surface area contributed by atoms with Crippen molar-refractivity contribution < 1.29 is 9.47 Å². The number of anilines is 1. The number of nitrogens with zero attached hydrogens (tertiary/aromatic N) is 6. The smallest absolute Gasteiger partial charge is 0.319 e. The van der Waals surface area contributed by atoms with Crippen molar-refractivity contribution in [2.45, 2.75) is 33.6 Å². The van der Waals surface area contributed by atoms with Gasteiger partial charge in [0.15, 0.2) is 11.6 Å². The first-order valence-electron chi connectivity index (χ1n) is 12.0. The molecule has 0 N–H and O–H groups in total. The number of aryl methyl sites for hydroxylation is 1. The number of hydrogen-bond donors (Lipinski definition) is 0. The lowest BCUT2D eigenvalue weighted by Gasteiger charge is -2.26. The van der Waals surface area contributed by atoms with Crippen molar-refractivity contribution in [3.05, 3.63) is 36.0 Å². The molecule has 4 rings (SSSR count). The molecular weight excluding hydrogens is 416 g/mol. The predicted molar refractivity (Wildman–Crippen MR) is 131 cm³/mol. The summed E-state index contributed by atoms with van der Waals surface area (Å²) < 4.78 is 11.4. The number of benzene rings is 1. The first-order valence-corrected chi connectivity index (χ1v) is 12.0. The van der Waals surface area contributed by atoms with Crippen LogP contribution in [0.1, 0.15) is 32.3 Å². The summed E-state index contributed by atoms with van der Waals surface area (Å²) in [7, 11) is 0. The van der Waals surface area contributed by atoms with Gasteiger partial charge in [0.25, 0.3) is 0 Å². The second-order valence-corrected chi connectivity index (χ2v) is 8.42. The van der Waals surface area contributed by atoms with E-state index >= 15 is 0 Å². The lowest BCUT2D eigenvalue weighted by molar-refractivity contribution is 0.0317. The molecule has 0 aliphatic carbocycles. The summed E-state index contributed by atoms with van der Waals surface area (Å²) in [5.41, 5.74) is 3.64. The van der Waals surface area contributed by atoms with Gasteiger partial charge >= 0.3 is 6.01 Å². The molecule has 0 atom stereocenters. The summed E-state index contributed by atoms with van der Waals surface area (Å²) in [6.07, 6.45) is 3.83. The van der Waals surface area contributed by atoms with Crippen molar-refractivity contribution in [1.29, 1.82) is 0 Å². The molecule has 1 aliphatic heterocycles. The molecular formula is C25H34N6O2. The topological polar surface area (TPSA) is 76.5 Å². The van der Waals surface area contributed by atoms with Gasteiger partial charge < -0.3 is 14.4 Å². The molecule has 33 heavy (non-hydrogen) atoms. The van der Waals surface area contributed by atoms with Gasteiger partial charge in [0.2, 0.25) is 0 Å². The van der Waals surface area contributed by atoms with Gasteiger partial charge in [-0.15, -0.1) is 0 Å². The molecule has 1 aromatic carbocycles. The van der Waals surface area contributed by atoms with Crippen molar-refractivity contribution in [3.8, 4) is 17.4 Å². The molecule has 0 saturated carbocycles. The summed E-state index contributed by atoms with van der Waals surface area (Å²) in [5.74, 6) is 1.51. The Labute approximate surface area is 196 Å². The highest BCUT2D eigenvalue weighted by Gasteiger charge is 2.18. The fourth-order valence-corrected chi connectivity index (χ4v) is 4.06. The molecule has 3 heterocycles. The van der Waals surface area contributed by atoms with Gasteiger partial charge in [-0.3, -0.25) is 4.90 Å². The van der Waals surface area contributed by atoms with Crippen LogP contribution in [0.3, 0.4) is 0 Å². The van der Waals surface area contributed by atoms with E-state index in [-0.39, 0.29) is 0 Å². The third-order valence-electron chi connectivity index (χ3n) is 5.70. The number of hydrogen-bond acceptors (Lipinski definition) is 8. The van der Waals surface area contributed by atoms with E-state index in [2.05, 4.69) is 52.7 Å². The monoisotopic (exact) mass is 450 g/mol. The molecule has 0 spiro atoms. The second-order valence-electron chi connectivity index (χ2n) is 8.42. The van der Waals surface area contributed by atoms with Gasteiger partial charge in [-0.25, -0.2) is 9.97 Å². The molecule has 0 bridgehead atoms. The van der Waals surface area contributed by atoms with Crippen LogP contribution in [0.4, 0.5) is 5.82 Å². The van der Waals surface area contributed by atoms with Crippen LogP contribution in [0.2, 0.25) is 0 Å². The normalized spacial score (nSPS) is 14.5. The number of rotatable bonds is 10.